The summed E-state index contributed by atoms with van der Waals surface area (Å²) >= 11 is 0. The van der Waals surface area contributed by atoms with Crippen molar-refractivity contribution in [1.29, 1.82) is 0 Å². The lowest BCUT2D eigenvalue weighted by molar-refractivity contribution is -0.384. The van der Waals surface area contributed by atoms with E-state index in [2.05, 4.69) is 18.5 Å². The number of ether oxygens (including phenoxy) is 1. The van der Waals surface area contributed by atoms with Crippen LogP contribution in [0, 0.1) is 10.1 Å². The molecule has 1 aromatic rings. The van der Waals surface area contributed by atoms with E-state index in [0.29, 0.717) is 24.5 Å². The monoisotopic (exact) mass is 305 g/mol. The maximum Gasteiger partial charge on any atom is 0.271 e. The van der Waals surface area contributed by atoms with Gasteiger partial charge in [0.05, 0.1) is 24.3 Å². The van der Waals surface area contributed by atoms with Gasteiger partial charge in [0.15, 0.2) is 0 Å². The molecule has 0 aromatic heterocycles. The molecule has 0 saturated carbocycles. The first-order valence-electron chi connectivity index (χ1n) is 6.59. The molecule has 22 heavy (non-hydrogen) atoms. The van der Waals surface area contributed by atoms with Crippen LogP contribution in [0.1, 0.15) is 0 Å². The Morgan fingerprint density at radius 2 is 2.05 bits per heavy atom. The summed E-state index contributed by atoms with van der Waals surface area (Å²) in [5, 5.41) is 13.7. The van der Waals surface area contributed by atoms with E-state index in [1.807, 2.05) is 0 Å². The molecular weight excluding hydrogens is 286 g/mol. The van der Waals surface area contributed by atoms with Gasteiger partial charge in [0.25, 0.3) is 5.69 Å². The van der Waals surface area contributed by atoms with E-state index < -0.39 is 4.92 Å². The number of nitro benzene ring substituents is 1. The molecule has 0 saturated heterocycles. The van der Waals surface area contributed by atoms with Crippen molar-refractivity contribution in [2.45, 2.75) is 0 Å². The number of nitrogens with one attached hydrogen (secondary N) is 1. The topological polar surface area (TPSA) is 84.7 Å². The highest BCUT2D eigenvalue weighted by Gasteiger charge is 2.14. The summed E-state index contributed by atoms with van der Waals surface area (Å²) in [6, 6.07) is 4.15. The maximum absolute atomic E-state index is 12.1. The smallest absolute Gasteiger partial charge is 0.271 e. The van der Waals surface area contributed by atoms with E-state index in [1.165, 1.54) is 25.3 Å². The Morgan fingerprint density at radius 1 is 1.41 bits per heavy atom. The largest absolute Gasteiger partial charge is 0.495 e. The minimum absolute atomic E-state index is 0.0147. The van der Waals surface area contributed by atoms with Crippen molar-refractivity contribution in [2.24, 2.45) is 0 Å². The van der Waals surface area contributed by atoms with Crippen LogP contribution in [-0.4, -0.2) is 42.5 Å². The molecule has 0 unspecified atom stereocenters. The van der Waals surface area contributed by atoms with E-state index in [9.17, 15) is 14.9 Å². The molecule has 0 fully saturated rings. The number of rotatable bonds is 9. The van der Waals surface area contributed by atoms with Gasteiger partial charge in [-0.3, -0.25) is 14.9 Å². The summed E-state index contributed by atoms with van der Waals surface area (Å²) in [5.41, 5.74) is 0.312. The predicted molar refractivity (Wildman–Crippen MR) is 85.1 cm³/mol. The SMILES string of the molecule is C=CCN(CC=C)C(=O)CNc1cc([N+](=O)[O-])ccc1OC. The van der Waals surface area contributed by atoms with Gasteiger partial charge < -0.3 is 15.0 Å². The molecule has 7 heteroatoms. The van der Waals surface area contributed by atoms with Gasteiger partial charge in [-0.05, 0) is 6.07 Å². The zero-order valence-electron chi connectivity index (χ0n) is 12.4. The number of anilines is 1. The molecule has 1 aromatic carbocycles. The lowest BCUT2D eigenvalue weighted by atomic mass is 10.2. The van der Waals surface area contributed by atoms with E-state index in [4.69, 9.17) is 4.74 Å². The highest BCUT2D eigenvalue weighted by molar-refractivity contribution is 5.82. The van der Waals surface area contributed by atoms with Crippen molar-refractivity contribution in [2.75, 3.05) is 32.1 Å². The quantitative estimate of drug-likeness (QED) is 0.429. The lowest BCUT2D eigenvalue weighted by Crippen LogP contribution is -2.35. The Labute approximate surface area is 129 Å². The molecular formula is C15H19N3O4. The van der Waals surface area contributed by atoms with Gasteiger partial charge in [-0.25, -0.2) is 0 Å². The van der Waals surface area contributed by atoms with Crippen molar-refractivity contribution < 1.29 is 14.5 Å². The number of hydrogen-bond acceptors (Lipinski definition) is 5. The van der Waals surface area contributed by atoms with Crippen LogP contribution >= 0.6 is 0 Å². The van der Waals surface area contributed by atoms with Crippen LogP contribution in [0.4, 0.5) is 11.4 Å². The Bertz CT molecular complexity index is 562. The summed E-state index contributed by atoms with van der Waals surface area (Å²) in [4.78, 5) is 24.0. The normalized spacial score (nSPS) is 9.68. The summed E-state index contributed by atoms with van der Waals surface area (Å²) < 4.78 is 5.13. The Hall–Kier alpha value is -2.83. The van der Waals surface area contributed by atoms with Crippen molar-refractivity contribution in [1.82, 2.24) is 4.90 Å². The second-order valence-electron chi connectivity index (χ2n) is 4.37. The van der Waals surface area contributed by atoms with Crippen LogP contribution in [-0.2, 0) is 4.79 Å². The summed E-state index contributed by atoms with van der Waals surface area (Å²) in [5.74, 6) is 0.255. The van der Waals surface area contributed by atoms with Crippen molar-refractivity contribution in [3.8, 4) is 5.75 Å². The van der Waals surface area contributed by atoms with E-state index >= 15 is 0 Å². The van der Waals surface area contributed by atoms with E-state index in [0.717, 1.165) is 0 Å². The Kier molecular flexibility index (Phi) is 6.62. The fourth-order valence-corrected chi connectivity index (χ4v) is 1.82. The molecule has 0 spiro atoms. The molecule has 0 aliphatic rings. The lowest BCUT2D eigenvalue weighted by Gasteiger charge is -2.20. The number of amides is 1. The third-order valence-electron chi connectivity index (χ3n) is 2.88. The fraction of sp³-hybridized carbons (Fsp3) is 0.267. The molecule has 7 nitrogen and oxygen atoms in total. The fourth-order valence-electron chi connectivity index (χ4n) is 1.82. The summed E-state index contributed by atoms with van der Waals surface area (Å²) in [6.07, 6.45) is 3.24. The number of nitro groups is 1. The number of benzene rings is 1. The third kappa shape index (κ3) is 4.62. The van der Waals surface area contributed by atoms with Crippen LogP contribution in [0.2, 0.25) is 0 Å². The van der Waals surface area contributed by atoms with Crippen LogP contribution in [0.25, 0.3) is 0 Å². The molecule has 0 heterocycles. The molecule has 0 aliphatic heterocycles. The van der Waals surface area contributed by atoms with E-state index in [1.54, 1.807) is 17.1 Å². The number of non-ortho nitro benzene ring substituents is 1. The third-order valence-corrected chi connectivity index (χ3v) is 2.88. The average molecular weight is 305 g/mol. The molecule has 118 valence electrons. The standard InChI is InChI=1S/C15H19N3O4/c1-4-8-17(9-5-2)15(19)11-16-13-10-12(18(20)21)6-7-14(13)22-3/h4-7,10,16H,1-2,8-9,11H2,3H3. The van der Waals surface area contributed by atoms with E-state index in [-0.39, 0.29) is 18.1 Å². The van der Waals surface area contributed by atoms with Crippen LogP contribution in [0.15, 0.2) is 43.5 Å². The van der Waals surface area contributed by atoms with Gasteiger partial charge >= 0.3 is 0 Å². The highest BCUT2D eigenvalue weighted by Crippen LogP contribution is 2.28. The number of methoxy groups -OCH3 is 1. The second kappa shape index (κ2) is 8.46. The van der Waals surface area contributed by atoms with Crippen molar-refractivity contribution in [3.05, 3.63) is 53.6 Å². The first-order valence-corrected chi connectivity index (χ1v) is 6.59. The number of carbonyl (C=O) groups is 1. The number of carbonyl (C=O) groups excluding carboxylic acids is 1. The van der Waals surface area contributed by atoms with Gasteiger partial charge in [0.1, 0.15) is 5.75 Å². The van der Waals surface area contributed by atoms with Gasteiger partial charge in [0.2, 0.25) is 5.91 Å². The first-order chi connectivity index (χ1) is 10.5. The molecule has 0 bridgehead atoms. The highest BCUT2D eigenvalue weighted by atomic mass is 16.6. The van der Waals surface area contributed by atoms with Crippen LogP contribution < -0.4 is 10.1 Å². The zero-order chi connectivity index (χ0) is 16.5. The predicted octanol–water partition coefficient (Wildman–Crippen LogP) is 2.22. The summed E-state index contributed by atoms with van der Waals surface area (Å²) in [6.45, 7) is 7.98. The average Bonchev–Trinajstić information content (AvgIpc) is 2.51. The second-order valence-corrected chi connectivity index (χ2v) is 4.37. The van der Waals surface area contributed by atoms with Gasteiger partial charge in [-0.2, -0.15) is 0 Å². The first kappa shape index (κ1) is 17.2. The number of hydrogen-bond donors (Lipinski definition) is 1. The van der Waals surface area contributed by atoms with Gasteiger partial charge in [-0.1, -0.05) is 12.2 Å². The number of nitrogens with zero attached hydrogens (tertiary/aromatic N) is 2. The summed E-state index contributed by atoms with van der Waals surface area (Å²) in [7, 11) is 1.45. The molecule has 1 rings (SSSR count). The zero-order valence-corrected chi connectivity index (χ0v) is 12.4. The molecule has 1 amide bonds. The molecule has 0 radical (unpaired) electrons. The van der Waals surface area contributed by atoms with Crippen molar-refractivity contribution >= 4 is 17.3 Å². The maximum atomic E-state index is 12.1. The van der Waals surface area contributed by atoms with Crippen LogP contribution in [0.5, 0.6) is 5.75 Å². The Balaban J connectivity index is 2.83. The Morgan fingerprint density at radius 3 is 2.55 bits per heavy atom. The minimum atomic E-state index is -0.506. The van der Waals surface area contributed by atoms with Gasteiger partial charge in [-0.15, -0.1) is 13.2 Å². The van der Waals surface area contributed by atoms with Crippen LogP contribution in [0.3, 0.4) is 0 Å². The minimum Gasteiger partial charge on any atom is -0.495 e. The molecule has 0 atom stereocenters. The van der Waals surface area contributed by atoms with Gasteiger partial charge in [0, 0.05) is 25.2 Å². The molecule has 1 N–H and O–H groups in total. The van der Waals surface area contributed by atoms with Crippen molar-refractivity contribution in [3.63, 3.8) is 0 Å². The molecule has 0 aliphatic carbocycles.